The molecule has 2 heterocycles. The maximum Gasteiger partial charge on any atom is 0.318 e. The van der Waals surface area contributed by atoms with Gasteiger partial charge in [0.1, 0.15) is 11.9 Å². The van der Waals surface area contributed by atoms with Crippen LogP contribution in [0.1, 0.15) is 25.3 Å². The Kier molecular flexibility index (Phi) is 5.00. The number of pyridine rings is 1. The molecule has 7 nitrogen and oxygen atoms in total. The number of carbonyl (C=O) groups excluding carboxylic acids is 1. The topological polar surface area (TPSA) is 72.9 Å². The number of carbonyl (C=O) groups is 1. The average molecular weight is 369 g/mol. The van der Waals surface area contributed by atoms with E-state index >= 15 is 0 Å². The lowest BCUT2D eigenvalue weighted by Crippen LogP contribution is -2.44. The van der Waals surface area contributed by atoms with Gasteiger partial charge in [-0.1, -0.05) is 6.07 Å². The van der Waals surface area contributed by atoms with Crippen molar-refractivity contribution >= 4 is 6.03 Å². The largest absolute Gasteiger partial charge is 0.487 e. The Morgan fingerprint density at radius 3 is 2.96 bits per heavy atom. The van der Waals surface area contributed by atoms with E-state index in [0.717, 1.165) is 29.9 Å². The van der Waals surface area contributed by atoms with Gasteiger partial charge < -0.3 is 24.4 Å². The Hall–Kier alpha value is -2.96. The van der Waals surface area contributed by atoms with Gasteiger partial charge >= 0.3 is 6.03 Å². The molecule has 0 radical (unpaired) electrons. The molecule has 1 aromatic heterocycles. The van der Waals surface area contributed by atoms with E-state index in [-0.39, 0.29) is 18.9 Å². The van der Waals surface area contributed by atoms with Gasteiger partial charge in [0.15, 0.2) is 11.5 Å². The van der Waals surface area contributed by atoms with Crippen LogP contribution in [0.2, 0.25) is 0 Å². The summed E-state index contributed by atoms with van der Waals surface area (Å²) < 4.78 is 16.5. The van der Waals surface area contributed by atoms with Crippen LogP contribution in [0.15, 0.2) is 42.7 Å². The first-order valence-electron chi connectivity index (χ1n) is 9.19. The summed E-state index contributed by atoms with van der Waals surface area (Å²) in [6, 6.07) is 9.71. The van der Waals surface area contributed by atoms with Crippen LogP contribution in [0.25, 0.3) is 0 Å². The normalized spacial score (nSPS) is 15.9. The minimum absolute atomic E-state index is 0.0724. The Labute approximate surface area is 158 Å². The molecule has 0 spiro atoms. The number of hydrogen-bond donors (Lipinski definition) is 1. The van der Waals surface area contributed by atoms with Crippen LogP contribution in [0.5, 0.6) is 17.2 Å². The van der Waals surface area contributed by atoms with E-state index in [4.69, 9.17) is 14.2 Å². The number of rotatable bonds is 7. The molecule has 2 amide bonds. The van der Waals surface area contributed by atoms with Crippen molar-refractivity contribution in [3.63, 3.8) is 0 Å². The van der Waals surface area contributed by atoms with Crippen molar-refractivity contribution in [2.45, 2.75) is 38.5 Å². The first-order valence-corrected chi connectivity index (χ1v) is 9.19. The highest BCUT2D eigenvalue weighted by Crippen LogP contribution is 2.34. The minimum Gasteiger partial charge on any atom is -0.487 e. The molecule has 1 aliphatic carbocycles. The van der Waals surface area contributed by atoms with Crippen molar-refractivity contribution in [3.8, 4) is 17.2 Å². The summed E-state index contributed by atoms with van der Waals surface area (Å²) in [7, 11) is 0. The molecular formula is C20H23N3O4. The number of hydrogen-bond acceptors (Lipinski definition) is 5. The Balaban J connectivity index is 1.32. The van der Waals surface area contributed by atoms with E-state index < -0.39 is 0 Å². The predicted molar refractivity (Wildman–Crippen MR) is 98.9 cm³/mol. The molecule has 1 N–H and O–H groups in total. The van der Waals surface area contributed by atoms with Crippen molar-refractivity contribution in [2.75, 3.05) is 13.3 Å². The van der Waals surface area contributed by atoms with E-state index in [2.05, 4.69) is 10.3 Å². The van der Waals surface area contributed by atoms with Crippen molar-refractivity contribution in [1.82, 2.24) is 15.2 Å². The fourth-order valence-electron chi connectivity index (χ4n) is 3.01. The SMILES string of the molecule is CC(CNC(=O)N(Cc1ccc2c(c1)OCO2)C1CC1)Oc1cccnc1. The Morgan fingerprint density at radius 1 is 1.33 bits per heavy atom. The fourth-order valence-corrected chi connectivity index (χ4v) is 3.01. The summed E-state index contributed by atoms with van der Waals surface area (Å²) in [6.07, 6.45) is 5.29. The van der Waals surface area contributed by atoms with E-state index in [1.165, 1.54) is 0 Å². The zero-order valence-electron chi connectivity index (χ0n) is 15.3. The highest BCUT2D eigenvalue weighted by molar-refractivity contribution is 5.75. The molecule has 142 valence electrons. The quantitative estimate of drug-likeness (QED) is 0.812. The van der Waals surface area contributed by atoms with Crippen LogP contribution in [0.4, 0.5) is 4.79 Å². The van der Waals surface area contributed by atoms with Gasteiger partial charge in [-0.15, -0.1) is 0 Å². The van der Waals surface area contributed by atoms with E-state index in [0.29, 0.717) is 24.9 Å². The smallest absolute Gasteiger partial charge is 0.318 e. The molecule has 1 aromatic carbocycles. The number of benzene rings is 1. The predicted octanol–water partition coefficient (Wildman–Crippen LogP) is 2.95. The van der Waals surface area contributed by atoms with Gasteiger partial charge in [0.2, 0.25) is 6.79 Å². The minimum atomic E-state index is -0.148. The highest BCUT2D eigenvalue weighted by Gasteiger charge is 2.33. The second-order valence-electron chi connectivity index (χ2n) is 6.85. The molecule has 2 aliphatic rings. The molecule has 4 rings (SSSR count). The van der Waals surface area contributed by atoms with Crippen molar-refractivity contribution < 1.29 is 19.0 Å². The first kappa shape index (κ1) is 17.5. The first-order chi connectivity index (χ1) is 13.2. The summed E-state index contributed by atoms with van der Waals surface area (Å²) in [4.78, 5) is 18.6. The number of fused-ring (bicyclic) bond motifs is 1. The van der Waals surface area contributed by atoms with Gasteiger partial charge in [0.05, 0.1) is 12.7 Å². The molecule has 1 unspecified atom stereocenters. The van der Waals surface area contributed by atoms with Gasteiger partial charge in [0.25, 0.3) is 0 Å². The van der Waals surface area contributed by atoms with Crippen LogP contribution in [-0.2, 0) is 6.54 Å². The lowest BCUT2D eigenvalue weighted by molar-refractivity contribution is 0.173. The average Bonchev–Trinajstić information content (AvgIpc) is 3.42. The summed E-state index contributed by atoms with van der Waals surface area (Å²) in [5.41, 5.74) is 1.03. The molecule has 7 heteroatoms. The van der Waals surface area contributed by atoms with Gasteiger partial charge in [-0.2, -0.15) is 0 Å². The van der Waals surface area contributed by atoms with Crippen molar-refractivity contribution in [2.24, 2.45) is 0 Å². The Morgan fingerprint density at radius 2 is 2.19 bits per heavy atom. The number of aromatic nitrogens is 1. The standard InChI is InChI=1S/C20H23N3O4/c1-14(27-17-3-2-8-21-11-17)10-22-20(24)23(16-5-6-16)12-15-4-7-18-19(9-15)26-13-25-18/h2-4,7-9,11,14,16H,5-6,10,12-13H2,1H3,(H,22,24). The molecule has 1 aliphatic heterocycles. The summed E-state index contributed by atoms with van der Waals surface area (Å²) in [5, 5.41) is 2.98. The zero-order chi connectivity index (χ0) is 18.6. The lowest BCUT2D eigenvalue weighted by Gasteiger charge is -2.24. The lowest BCUT2D eigenvalue weighted by atomic mass is 10.2. The van der Waals surface area contributed by atoms with Gasteiger partial charge in [0, 0.05) is 18.8 Å². The summed E-state index contributed by atoms with van der Waals surface area (Å²) >= 11 is 0. The number of ether oxygens (including phenoxy) is 3. The number of nitrogens with zero attached hydrogens (tertiary/aromatic N) is 2. The monoisotopic (exact) mass is 369 g/mol. The Bertz CT molecular complexity index is 795. The van der Waals surface area contributed by atoms with Crippen LogP contribution in [0, 0.1) is 0 Å². The molecular weight excluding hydrogens is 346 g/mol. The second kappa shape index (κ2) is 7.73. The van der Waals surface area contributed by atoms with Crippen LogP contribution >= 0.6 is 0 Å². The zero-order valence-corrected chi connectivity index (χ0v) is 15.3. The maximum atomic E-state index is 12.7. The molecule has 2 aromatic rings. The molecule has 27 heavy (non-hydrogen) atoms. The number of amides is 2. The number of nitrogens with one attached hydrogen (secondary N) is 1. The van der Waals surface area contributed by atoms with E-state index in [9.17, 15) is 4.79 Å². The summed E-state index contributed by atoms with van der Waals surface area (Å²) in [6.45, 7) is 3.15. The third-order valence-corrected chi connectivity index (χ3v) is 4.55. The third-order valence-electron chi connectivity index (χ3n) is 4.55. The van der Waals surface area contributed by atoms with Crippen LogP contribution in [0.3, 0.4) is 0 Å². The van der Waals surface area contributed by atoms with E-state index in [1.54, 1.807) is 12.4 Å². The maximum absolute atomic E-state index is 12.7. The molecule has 1 atom stereocenters. The molecule has 1 saturated carbocycles. The summed E-state index contributed by atoms with van der Waals surface area (Å²) in [5.74, 6) is 2.18. The number of urea groups is 1. The second-order valence-corrected chi connectivity index (χ2v) is 6.85. The van der Waals surface area contributed by atoms with Gasteiger partial charge in [-0.3, -0.25) is 4.98 Å². The van der Waals surface area contributed by atoms with Gasteiger partial charge in [-0.25, -0.2) is 4.79 Å². The van der Waals surface area contributed by atoms with Crippen molar-refractivity contribution in [3.05, 3.63) is 48.3 Å². The van der Waals surface area contributed by atoms with Gasteiger partial charge in [-0.05, 0) is 49.6 Å². The van der Waals surface area contributed by atoms with Crippen LogP contribution < -0.4 is 19.5 Å². The van der Waals surface area contributed by atoms with Crippen LogP contribution in [-0.4, -0.2) is 41.4 Å². The molecule has 0 saturated heterocycles. The van der Waals surface area contributed by atoms with E-state index in [1.807, 2.05) is 42.2 Å². The van der Waals surface area contributed by atoms with Crippen molar-refractivity contribution in [1.29, 1.82) is 0 Å². The molecule has 1 fully saturated rings. The highest BCUT2D eigenvalue weighted by atomic mass is 16.7. The fraction of sp³-hybridized carbons (Fsp3) is 0.400. The molecule has 0 bridgehead atoms. The third kappa shape index (κ3) is 4.42.